The van der Waals surface area contributed by atoms with Gasteiger partial charge in [-0.3, -0.25) is 9.69 Å². The van der Waals surface area contributed by atoms with Crippen LogP contribution in [-0.4, -0.2) is 48.2 Å². The Bertz CT molecular complexity index is 171. The molecule has 1 atom stereocenters. The molecule has 1 saturated heterocycles. The number of aliphatic hydroxyl groups is 1. The molecule has 0 radical (unpaired) electrons. The Labute approximate surface area is 78.9 Å². The molecule has 13 heavy (non-hydrogen) atoms. The summed E-state index contributed by atoms with van der Waals surface area (Å²) in [7, 11) is 0. The van der Waals surface area contributed by atoms with E-state index in [0.717, 1.165) is 32.5 Å². The van der Waals surface area contributed by atoms with Gasteiger partial charge in [0.25, 0.3) is 0 Å². The highest BCUT2D eigenvalue weighted by Gasteiger charge is 2.19. The Morgan fingerprint density at radius 1 is 1.69 bits per heavy atom. The van der Waals surface area contributed by atoms with E-state index in [1.54, 1.807) is 6.92 Å². The van der Waals surface area contributed by atoms with Crippen LogP contribution in [0.25, 0.3) is 0 Å². The normalized spacial score (nSPS) is 24.3. The van der Waals surface area contributed by atoms with Gasteiger partial charge in [0.15, 0.2) is 0 Å². The van der Waals surface area contributed by atoms with Crippen molar-refractivity contribution in [2.75, 3.05) is 26.2 Å². The van der Waals surface area contributed by atoms with E-state index in [2.05, 4.69) is 10.2 Å². The number of likely N-dealkylation sites (tertiary alicyclic amines) is 1. The molecule has 1 aliphatic rings. The van der Waals surface area contributed by atoms with Crippen LogP contribution in [0.4, 0.5) is 0 Å². The second-order valence-corrected chi connectivity index (χ2v) is 3.56. The van der Waals surface area contributed by atoms with Gasteiger partial charge in [-0.1, -0.05) is 0 Å². The van der Waals surface area contributed by atoms with Gasteiger partial charge in [-0.05, 0) is 19.4 Å². The van der Waals surface area contributed by atoms with Crippen molar-refractivity contribution < 1.29 is 9.90 Å². The van der Waals surface area contributed by atoms with E-state index < -0.39 is 0 Å². The summed E-state index contributed by atoms with van der Waals surface area (Å²) >= 11 is 0. The van der Waals surface area contributed by atoms with Crippen molar-refractivity contribution in [2.24, 2.45) is 0 Å². The first-order chi connectivity index (χ1) is 6.22. The van der Waals surface area contributed by atoms with Crippen LogP contribution in [-0.2, 0) is 4.79 Å². The van der Waals surface area contributed by atoms with Crippen LogP contribution < -0.4 is 5.32 Å². The summed E-state index contributed by atoms with van der Waals surface area (Å²) in [6, 6.07) is 0.276. The Hall–Kier alpha value is -0.610. The van der Waals surface area contributed by atoms with E-state index >= 15 is 0 Å². The van der Waals surface area contributed by atoms with Crippen LogP contribution in [0.2, 0.25) is 0 Å². The van der Waals surface area contributed by atoms with Crippen LogP contribution in [0.5, 0.6) is 0 Å². The van der Waals surface area contributed by atoms with Gasteiger partial charge in [0.1, 0.15) is 0 Å². The monoisotopic (exact) mass is 186 g/mol. The van der Waals surface area contributed by atoms with Gasteiger partial charge in [0.2, 0.25) is 5.91 Å². The molecule has 0 aromatic carbocycles. The number of piperidine rings is 1. The third-order valence-electron chi connectivity index (χ3n) is 2.33. The largest absolute Gasteiger partial charge is 0.395 e. The van der Waals surface area contributed by atoms with Crippen molar-refractivity contribution in [2.45, 2.75) is 25.8 Å². The molecule has 1 rings (SSSR count). The molecule has 1 heterocycles. The average molecular weight is 186 g/mol. The summed E-state index contributed by atoms with van der Waals surface area (Å²) in [4.78, 5) is 13.0. The van der Waals surface area contributed by atoms with E-state index in [1.165, 1.54) is 0 Å². The molecule has 1 amide bonds. The standard InChI is InChI=1S/C9H18N2O2/c1-8(13)10-9-3-2-4-11(7-9)5-6-12/h9,12H,2-7H2,1H3,(H,10,13)/t9-/m0/s1. The lowest BCUT2D eigenvalue weighted by Gasteiger charge is -2.32. The van der Waals surface area contributed by atoms with Gasteiger partial charge in [0, 0.05) is 26.1 Å². The SMILES string of the molecule is CC(=O)N[C@H]1CCCN(CCO)C1. The molecule has 0 spiro atoms. The fraction of sp³-hybridized carbons (Fsp3) is 0.889. The van der Waals surface area contributed by atoms with E-state index in [0.29, 0.717) is 0 Å². The summed E-state index contributed by atoms with van der Waals surface area (Å²) in [6.07, 6.45) is 2.16. The summed E-state index contributed by atoms with van der Waals surface area (Å²) in [5.74, 6) is 0.0378. The van der Waals surface area contributed by atoms with Gasteiger partial charge in [0.05, 0.1) is 6.61 Å². The number of carbonyl (C=O) groups excluding carboxylic acids is 1. The zero-order chi connectivity index (χ0) is 9.68. The number of hydrogen-bond acceptors (Lipinski definition) is 3. The molecule has 4 nitrogen and oxygen atoms in total. The smallest absolute Gasteiger partial charge is 0.217 e. The molecule has 0 saturated carbocycles. The number of aliphatic hydroxyl groups excluding tert-OH is 1. The van der Waals surface area contributed by atoms with E-state index in [1.807, 2.05) is 0 Å². The van der Waals surface area contributed by atoms with Gasteiger partial charge in [-0.15, -0.1) is 0 Å². The van der Waals surface area contributed by atoms with E-state index in [9.17, 15) is 4.79 Å². The maximum Gasteiger partial charge on any atom is 0.217 e. The number of nitrogens with zero attached hydrogens (tertiary/aromatic N) is 1. The zero-order valence-electron chi connectivity index (χ0n) is 8.12. The maximum absolute atomic E-state index is 10.8. The highest BCUT2D eigenvalue weighted by Crippen LogP contribution is 2.09. The molecule has 1 aliphatic heterocycles. The molecule has 0 aromatic heterocycles. The second kappa shape index (κ2) is 5.19. The Kier molecular flexibility index (Phi) is 4.18. The maximum atomic E-state index is 10.8. The van der Waals surface area contributed by atoms with Crippen LogP contribution in [0.3, 0.4) is 0 Å². The Balaban J connectivity index is 2.28. The average Bonchev–Trinajstić information content (AvgIpc) is 2.04. The fourth-order valence-corrected chi connectivity index (χ4v) is 1.81. The lowest BCUT2D eigenvalue weighted by atomic mass is 10.1. The number of nitrogens with one attached hydrogen (secondary N) is 1. The molecule has 2 N–H and O–H groups in total. The third kappa shape index (κ3) is 3.74. The van der Waals surface area contributed by atoms with Crippen molar-refractivity contribution in [3.63, 3.8) is 0 Å². The highest BCUT2D eigenvalue weighted by molar-refractivity contribution is 5.73. The van der Waals surface area contributed by atoms with Gasteiger partial charge in [-0.25, -0.2) is 0 Å². The van der Waals surface area contributed by atoms with Crippen molar-refractivity contribution in [3.05, 3.63) is 0 Å². The first kappa shape index (κ1) is 10.5. The predicted molar refractivity (Wildman–Crippen MR) is 50.4 cm³/mol. The van der Waals surface area contributed by atoms with Crippen LogP contribution in [0.15, 0.2) is 0 Å². The molecule has 0 bridgehead atoms. The number of rotatable bonds is 3. The lowest BCUT2D eigenvalue weighted by Crippen LogP contribution is -2.47. The van der Waals surface area contributed by atoms with Crippen molar-refractivity contribution in [1.29, 1.82) is 0 Å². The molecule has 0 unspecified atom stereocenters. The minimum Gasteiger partial charge on any atom is -0.395 e. The van der Waals surface area contributed by atoms with Gasteiger partial charge in [-0.2, -0.15) is 0 Å². The first-order valence-corrected chi connectivity index (χ1v) is 4.82. The highest BCUT2D eigenvalue weighted by atomic mass is 16.3. The minimum absolute atomic E-state index is 0.0378. The summed E-state index contributed by atoms with van der Waals surface area (Å²) < 4.78 is 0. The van der Waals surface area contributed by atoms with Crippen molar-refractivity contribution >= 4 is 5.91 Å². The molecule has 0 aromatic rings. The first-order valence-electron chi connectivity index (χ1n) is 4.82. The molecule has 1 fully saturated rings. The molecular formula is C9H18N2O2. The number of carbonyl (C=O) groups is 1. The Morgan fingerprint density at radius 3 is 3.08 bits per heavy atom. The molecule has 0 aliphatic carbocycles. The van der Waals surface area contributed by atoms with Crippen molar-refractivity contribution in [1.82, 2.24) is 10.2 Å². The lowest BCUT2D eigenvalue weighted by molar-refractivity contribution is -0.120. The fourth-order valence-electron chi connectivity index (χ4n) is 1.81. The van der Waals surface area contributed by atoms with Crippen LogP contribution >= 0.6 is 0 Å². The number of β-amino-alcohol motifs (C(OH)–C–C–N with tert-alkyl or cyclic N) is 1. The number of hydrogen-bond donors (Lipinski definition) is 2. The topological polar surface area (TPSA) is 52.6 Å². The van der Waals surface area contributed by atoms with Gasteiger partial charge < -0.3 is 10.4 Å². The number of amides is 1. The minimum atomic E-state index is 0.0378. The molecular weight excluding hydrogens is 168 g/mol. The van der Waals surface area contributed by atoms with Crippen LogP contribution in [0.1, 0.15) is 19.8 Å². The summed E-state index contributed by atoms with van der Waals surface area (Å²) in [6.45, 7) is 4.38. The van der Waals surface area contributed by atoms with Gasteiger partial charge >= 0.3 is 0 Å². The summed E-state index contributed by atoms with van der Waals surface area (Å²) in [5.41, 5.74) is 0. The quantitative estimate of drug-likeness (QED) is 0.629. The van der Waals surface area contributed by atoms with Crippen molar-refractivity contribution in [3.8, 4) is 0 Å². The zero-order valence-corrected chi connectivity index (χ0v) is 8.12. The van der Waals surface area contributed by atoms with Crippen LogP contribution in [0, 0.1) is 0 Å². The summed E-state index contributed by atoms with van der Waals surface area (Å²) in [5, 5.41) is 11.7. The molecule has 76 valence electrons. The van der Waals surface area contributed by atoms with E-state index in [4.69, 9.17) is 5.11 Å². The predicted octanol–water partition coefficient (Wildman–Crippen LogP) is -0.421. The molecule has 4 heteroatoms. The second-order valence-electron chi connectivity index (χ2n) is 3.56. The van der Waals surface area contributed by atoms with E-state index in [-0.39, 0.29) is 18.6 Å². The third-order valence-corrected chi connectivity index (χ3v) is 2.33. The Morgan fingerprint density at radius 2 is 2.46 bits per heavy atom.